The predicted octanol–water partition coefficient (Wildman–Crippen LogP) is 2.29. The van der Waals surface area contributed by atoms with Gasteiger partial charge >= 0.3 is 0 Å². The molecule has 0 aromatic carbocycles. The van der Waals surface area contributed by atoms with Crippen molar-refractivity contribution in [3.05, 3.63) is 0 Å². The first-order chi connectivity index (χ1) is 5.84. The zero-order valence-electron chi connectivity index (χ0n) is 9.42. The van der Waals surface area contributed by atoms with Crippen molar-refractivity contribution in [2.45, 2.75) is 47.1 Å². The van der Waals surface area contributed by atoms with Crippen molar-refractivity contribution >= 4 is 5.91 Å². The summed E-state index contributed by atoms with van der Waals surface area (Å²) >= 11 is 0. The van der Waals surface area contributed by atoms with E-state index in [1.54, 1.807) is 6.92 Å². The van der Waals surface area contributed by atoms with Crippen molar-refractivity contribution in [1.82, 2.24) is 4.90 Å². The van der Waals surface area contributed by atoms with Crippen LogP contribution in [0.25, 0.3) is 0 Å². The van der Waals surface area contributed by atoms with E-state index in [0.717, 1.165) is 13.0 Å². The molecule has 0 saturated carbocycles. The summed E-state index contributed by atoms with van der Waals surface area (Å²) in [6.07, 6.45) is 1.12. The summed E-state index contributed by atoms with van der Waals surface area (Å²) in [5.74, 6) is 0.822. The zero-order chi connectivity index (χ0) is 10.2. The highest BCUT2D eigenvalue weighted by Crippen LogP contribution is 2.38. The van der Waals surface area contributed by atoms with Gasteiger partial charge in [0.05, 0.1) is 0 Å². The molecule has 76 valence electrons. The number of piperidine rings is 1. The summed E-state index contributed by atoms with van der Waals surface area (Å²) in [7, 11) is 0. The van der Waals surface area contributed by atoms with E-state index in [4.69, 9.17) is 0 Å². The SMILES string of the molecule is CC(=O)N1CC(C)C(C)(C)CC1C. The van der Waals surface area contributed by atoms with Crippen LogP contribution in [0.4, 0.5) is 0 Å². The highest BCUT2D eigenvalue weighted by molar-refractivity contribution is 5.73. The van der Waals surface area contributed by atoms with E-state index < -0.39 is 0 Å². The molecule has 1 fully saturated rings. The van der Waals surface area contributed by atoms with Gasteiger partial charge in [0.25, 0.3) is 0 Å². The number of nitrogens with zero attached hydrogens (tertiary/aromatic N) is 1. The van der Waals surface area contributed by atoms with E-state index in [1.807, 2.05) is 4.90 Å². The van der Waals surface area contributed by atoms with Gasteiger partial charge in [0.2, 0.25) is 5.91 Å². The van der Waals surface area contributed by atoms with Gasteiger partial charge in [-0.3, -0.25) is 4.79 Å². The molecule has 0 spiro atoms. The van der Waals surface area contributed by atoms with Crippen LogP contribution < -0.4 is 0 Å². The lowest BCUT2D eigenvalue weighted by molar-refractivity contribution is -0.135. The molecule has 2 unspecified atom stereocenters. The first-order valence-electron chi connectivity index (χ1n) is 5.12. The summed E-state index contributed by atoms with van der Waals surface area (Å²) in [6.45, 7) is 11.6. The summed E-state index contributed by atoms with van der Waals surface area (Å²) in [6, 6.07) is 0.406. The third kappa shape index (κ3) is 2.04. The molecule has 0 aromatic heterocycles. The van der Waals surface area contributed by atoms with Crippen LogP contribution in [0.1, 0.15) is 41.0 Å². The van der Waals surface area contributed by atoms with Crippen LogP contribution in [0.5, 0.6) is 0 Å². The summed E-state index contributed by atoms with van der Waals surface area (Å²) in [5, 5.41) is 0. The molecule has 1 heterocycles. The Balaban J connectivity index is 2.73. The van der Waals surface area contributed by atoms with Crippen LogP contribution in [0.3, 0.4) is 0 Å². The molecule has 0 N–H and O–H groups in total. The topological polar surface area (TPSA) is 20.3 Å². The number of amides is 1. The fraction of sp³-hybridized carbons (Fsp3) is 0.909. The number of likely N-dealkylation sites (tertiary alicyclic amines) is 1. The predicted molar refractivity (Wildman–Crippen MR) is 54.4 cm³/mol. The second kappa shape index (κ2) is 3.32. The van der Waals surface area contributed by atoms with Crippen LogP contribution in [-0.4, -0.2) is 23.4 Å². The number of carbonyl (C=O) groups is 1. The molecule has 2 heteroatoms. The molecule has 1 amide bonds. The van der Waals surface area contributed by atoms with Crippen molar-refractivity contribution in [3.8, 4) is 0 Å². The smallest absolute Gasteiger partial charge is 0.219 e. The fourth-order valence-corrected chi connectivity index (χ4v) is 2.23. The maximum Gasteiger partial charge on any atom is 0.219 e. The van der Waals surface area contributed by atoms with Crippen LogP contribution in [0.2, 0.25) is 0 Å². The number of hydrogen-bond donors (Lipinski definition) is 0. The Morgan fingerprint density at radius 3 is 2.38 bits per heavy atom. The first-order valence-corrected chi connectivity index (χ1v) is 5.12. The van der Waals surface area contributed by atoms with E-state index in [-0.39, 0.29) is 5.91 Å². The minimum Gasteiger partial charge on any atom is -0.340 e. The molecule has 1 rings (SSSR count). The molecule has 0 aliphatic carbocycles. The summed E-state index contributed by atoms with van der Waals surface area (Å²) in [5.41, 5.74) is 0.380. The summed E-state index contributed by atoms with van der Waals surface area (Å²) < 4.78 is 0. The number of carbonyl (C=O) groups excluding carboxylic acids is 1. The van der Waals surface area contributed by atoms with Crippen molar-refractivity contribution in [1.29, 1.82) is 0 Å². The molecule has 1 saturated heterocycles. The Bertz CT molecular complexity index is 210. The molecule has 2 nitrogen and oxygen atoms in total. The number of rotatable bonds is 0. The van der Waals surface area contributed by atoms with E-state index in [2.05, 4.69) is 27.7 Å². The average molecular weight is 183 g/mol. The first kappa shape index (κ1) is 10.6. The molecule has 1 aliphatic rings. The normalized spacial score (nSPS) is 33.2. The van der Waals surface area contributed by atoms with Gasteiger partial charge in [-0.25, -0.2) is 0 Å². The van der Waals surface area contributed by atoms with Crippen molar-refractivity contribution < 1.29 is 4.79 Å². The van der Waals surface area contributed by atoms with Crippen LogP contribution in [-0.2, 0) is 4.79 Å². The quantitative estimate of drug-likeness (QED) is 0.564. The van der Waals surface area contributed by atoms with Crippen molar-refractivity contribution in [2.75, 3.05) is 6.54 Å². The molecule has 1 aliphatic heterocycles. The molecular formula is C11H21NO. The van der Waals surface area contributed by atoms with Crippen LogP contribution in [0.15, 0.2) is 0 Å². The standard InChI is InChI=1S/C11H21NO/c1-8-7-12(10(3)13)9(2)6-11(8,4)5/h8-9H,6-7H2,1-5H3. The molecular weight excluding hydrogens is 162 g/mol. The Kier molecular flexibility index (Phi) is 2.69. The largest absolute Gasteiger partial charge is 0.340 e. The summed E-state index contributed by atoms with van der Waals surface area (Å²) in [4.78, 5) is 13.3. The van der Waals surface area contributed by atoms with Gasteiger partial charge in [-0.2, -0.15) is 0 Å². The van der Waals surface area contributed by atoms with Gasteiger partial charge in [0, 0.05) is 19.5 Å². The molecule has 0 aromatic rings. The highest BCUT2D eigenvalue weighted by atomic mass is 16.2. The lowest BCUT2D eigenvalue weighted by Gasteiger charge is -2.46. The average Bonchev–Trinajstić information content (AvgIpc) is 1.95. The number of hydrogen-bond acceptors (Lipinski definition) is 1. The Labute approximate surface area is 81.3 Å². The van der Waals surface area contributed by atoms with Gasteiger partial charge in [-0.1, -0.05) is 20.8 Å². The fourth-order valence-electron chi connectivity index (χ4n) is 2.23. The molecule has 0 bridgehead atoms. The maximum atomic E-state index is 11.3. The van der Waals surface area contributed by atoms with E-state index >= 15 is 0 Å². The van der Waals surface area contributed by atoms with Gasteiger partial charge in [0.1, 0.15) is 0 Å². The third-order valence-electron chi connectivity index (χ3n) is 3.56. The van der Waals surface area contributed by atoms with Crippen LogP contribution in [0, 0.1) is 11.3 Å². The second-order valence-corrected chi connectivity index (χ2v) is 5.11. The lowest BCUT2D eigenvalue weighted by Crippen LogP contribution is -2.50. The molecule has 2 atom stereocenters. The monoisotopic (exact) mass is 183 g/mol. The highest BCUT2D eigenvalue weighted by Gasteiger charge is 2.37. The second-order valence-electron chi connectivity index (χ2n) is 5.11. The maximum absolute atomic E-state index is 11.3. The molecule has 13 heavy (non-hydrogen) atoms. The Morgan fingerprint density at radius 2 is 1.92 bits per heavy atom. The Hall–Kier alpha value is -0.530. The van der Waals surface area contributed by atoms with Crippen molar-refractivity contribution in [3.63, 3.8) is 0 Å². The molecule has 0 radical (unpaired) electrons. The van der Waals surface area contributed by atoms with Gasteiger partial charge in [-0.05, 0) is 24.7 Å². The van der Waals surface area contributed by atoms with Gasteiger partial charge in [0.15, 0.2) is 0 Å². The van der Waals surface area contributed by atoms with Crippen molar-refractivity contribution in [2.24, 2.45) is 11.3 Å². The van der Waals surface area contributed by atoms with Gasteiger partial charge in [-0.15, -0.1) is 0 Å². The Morgan fingerprint density at radius 1 is 1.38 bits per heavy atom. The van der Waals surface area contributed by atoms with E-state index in [1.165, 1.54) is 0 Å². The lowest BCUT2D eigenvalue weighted by atomic mass is 9.72. The zero-order valence-corrected chi connectivity index (χ0v) is 9.42. The minimum absolute atomic E-state index is 0.217. The van der Waals surface area contributed by atoms with E-state index in [9.17, 15) is 4.79 Å². The van der Waals surface area contributed by atoms with E-state index in [0.29, 0.717) is 17.4 Å². The minimum atomic E-state index is 0.217. The third-order valence-corrected chi connectivity index (χ3v) is 3.56. The van der Waals surface area contributed by atoms with Crippen LogP contribution >= 0.6 is 0 Å². The van der Waals surface area contributed by atoms with Gasteiger partial charge < -0.3 is 4.90 Å².